The summed E-state index contributed by atoms with van der Waals surface area (Å²) in [7, 11) is 2.98. The Morgan fingerprint density at radius 2 is 1.83 bits per heavy atom. The number of benzene rings is 1. The van der Waals surface area contributed by atoms with E-state index in [2.05, 4.69) is 6.92 Å². The number of hydrogen-bond acceptors (Lipinski definition) is 7. The zero-order chi connectivity index (χ0) is 24.8. The van der Waals surface area contributed by atoms with Crippen molar-refractivity contribution in [3.8, 4) is 11.5 Å². The molecular weight excluding hydrogens is 450 g/mol. The maximum Gasteiger partial charge on any atom is 0.306 e. The average molecular weight is 490 g/mol. The molecule has 0 saturated heterocycles. The van der Waals surface area contributed by atoms with Crippen molar-refractivity contribution in [2.45, 2.75) is 102 Å². The van der Waals surface area contributed by atoms with E-state index >= 15 is 0 Å². The van der Waals surface area contributed by atoms with Crippen molar-refractivity contribution in [1.29, 1.82) is 0 Å². The number of carbonyl (C=O) groups excluding carboxylic acids is 1. The van der Waals surface area contributed by atoms with E-state index in [4.69, 9.17) is 23.8 Å². The molecule has 1 heterocycles. The van der Waals surface area contributed by atoms with Gasteiger partial charge in [-0.1, -0.05) is 25.8 Å². The minimum Gasteiger partial charge on any atom is -0.493 e. The molecule has 8 heteroatoms. The van der Waals surface area contributed by atoms with Crippen molar-refractivity contribution >= 4 is 11.7 Å². The van der Waals surface area contributed by atoms with Crippen molar-refractivity contribution < 1.29 is 33.5 Å². The third kappa shape index (κ3) is 6.40. The summed E-state index contributed by atoms with van der Waals surface area (Å²) in [4.78, 5) is 18.1. The first-order valence-corrected chi connectivity index (χ1v) is 13.0. The van der Waals surface area contributed by atoms with Crippen molar-refractivity contribution in [1.82, 2.24) is 0 Å². The van der Waals surface area contributed by atoms with Gasteiger partial charge < -0.3 is 23.8 Å². The number of methoxy groups -OCH3 is 2. The first-order valence-electron chi connectivity index (χ1n) is 13.0. The van der Waals surface area contributed by atoms with Crippen LogP contribution in [0, 0.1) is 11.1 Å². The second-order valence-corrected chi connectivity index (χ2v) is 10.0. The smallest absolute Gasteiger partial charge is 0.306 e. The van der Waals surface area contributed by atoms with Crippen molar-refractivity contribution in [3.63, 3.8) is 0 Å². The molecule has 2 aliphatic carbocycles. The predicted octanol–water partition coefficient (Wildman–Crippen LogP) is 5.26. The Morgan fingerprint density at radius 3 is 2.54 bits per heavy atom. The second kappa shape index (κ2) is 12.0. The fraction of sp³-hybridized carbons (Fsp3) is 0.704. The molecule has 1 aromatic carbocycles. The normalized spacial score (nSPS) is 27.4. The standard InChI is InChI=1S/C27H39NO7/c1-18-8-4-7-11-23(18)34-27-17-21(22(28(30)35-27)13-15-26(29)32-3)19-12-14-24(31-2)25(16-19)33-20-9-5-6-10-20/h12,14,16,18,20-21,23,27H,4-11,13,15,17H2,1-3H3/t18-,21+,23-,27+/m0/s1. The van der Waals surface area contributed by atoms with Crippen LogP contribution in [0.15, 0.2) is 18.2 Å². The van der Waals surface area contributed by atoms with Gasteiger partial charge in [0.25, 0.3) is 0 Å². The van der Waals surface area contributed by atoms with Gasteiger partial charge in [-0.25, -0.2) is 0 Å². The highest BCUT2D eigenvalue weighted by Crippen LogP contribution is 2.38. The van der Waals surface area contributed by atoms with E-state index in [0.717, 1.165) is 37.7 Å². The lowest BCUT2D eigenvalue weighted by Crippen LogP contribution is -2.41. The maximum absolute atomic E-state index is 13.1. The minimum absolute atomic E-state index is 0.0801. The largest absolute Gasteiger partial charge is 0.493 e. The maximum atomic E-state index is 13.1. The summed E-state index contributed by atoms with van der Waals surface area (Å²) in [6.45, 7) is 2.20. The highest BCUT2D eigenvalue weighted by atomic mass is 16.9. The van der Waals surface area contributed by atoms with E-state index in [9.17, 15) is 10.0 Å². The van der Waals surface area contributed by atoms with Crippen LogP contribution in [-0.4, -0.2) is 49.3 Å². The van der Waals surface area contributed by atoms with Crippen molar-refractivity contribution in [2.24, 2.45) is 5.92 Å². The molecule has 1 aliphatic heterocycles. The molecule has 0 N–H and O–H groups in total. The number of hydrogen-bond donors (Lipinski definition) is 0. The van der Waals surface area contributed by atoms with Gasteiger partial charge in [-0.2, -0.15) is 0 Å². The highest BCUT2D eigenvalue weighted by molar-refractivity contribution is 5.89. The van der Waals surface area contributed by atoms with Crippen LogP contribution in [0.1, 0.15) is 89.0 Å². The van der Waals surface area contributed by atoms with Crippen LogP contribution in [-0.2, 0) is 19.1 Å². The summed E-state index contributed by atoms with van der Waals surface area (Å²) in [5.74, 6) is 1.16. The van der Waals surface area contributed by atoms with E-state index < -0.39 is 6.29 Å². The first-order chi connectivity index (χ1) is 17.0. The van der Waals surface area contributed by atoms with E-state index in [1.54, 1.807) is 7.11 Å². The molecule has 0 aromatic heterocycles. The van der Waals surface area contributed by atoms with E-state index in [1.165, 1.54) is 26.4 Å². The quantitative estimate of drug-likeness (QED) is 0.345. The lowest BCUT2D eigenvalue weighted by molar-refractivity contribution is -0.773. The van der Waals surface area contributed by atoms with Gasteiger partial charge in [0, 0.05) is 17.7 Å². The predicted molar refractivity (Wildman–Crippen MR) is 130 cm³/mol. The van der Waals surface area contributed by atoms with Gasteiger partial charge in [0.1, 0.15) is 0 Å². The second-order valence-electron chi connectivity index (χ2n) is 10.0. The Bertz CT molecular complexity index is 896. The van der Waals surface area contributed by atoms with Gasteiger partial charge >= 0.3 is 5.97 Å². The Morgan fingerprint density at radius 1 is 1.09 bits per heavy atom. The summed E-state index contributed by atoms with van der Waals surface area (Å²) < 4.78 is 23.0. The molecule has 35 heavy (non-hydrogen) atoms. The lowest BCUT2D eigenvalue weighted by atomic mass is 9.86. The monoisotopic (exact) mass is 489 g/mol. The number of nitrogens with zero attached hydrogens (tertiary/aromatic N) is 1. The number of carbonyl (C=O) groups is 1. The summed E-state index contributed by atoms with van der Waals surface area (Å²) >= 11 is 0. The van der Waals surface area contributed by atoms with Gasteiger partial charge in [0.2, 0.25) is 5.71 Å². The van der Waals surface area contributed by atoms with Gasteiger partial charge in [-0.15, -0.1) is 0 Å². The van der Waals surface area contributed by atoms with Crippen LogP contribution in [0.3, 0.4) is 0 Å². The number of rotatable bonds is 9. The SMILES string of the molecule is COC(=O)CCC1=[N+]([O-])O[C@@H](O[C@H]2CCCC[C@@H]2C)C[C@@H]1c1ccc(OC)c(OC2CCCC2)c1. The average Bonchev–Trinajstić information content (AvgIpc) is 3.37. The minimum atomic E-state index is -0.647. The highest BCUT2D eigenvalue weighted by Gasteiger charge is 2.38. The fourth-order valence-corrected chi connectivity index (χ4v) is 5.55. The molecule has 8 nitrogen and oxygen atoms in total. The third-order valence-electron chi connectivity index (χ3n) is 7.64. The molecule has 0 unspecified atom stereocenters. The van der Waals surface area contributed by atoms with Gasteiger partial charge in [0.15, 0.2) is 17.8 Å². The summed E-state index contributed by atoms with van der Waals surface area (Å²) in [6, 6.07) is 5.82. The molecule has 0 bridgehead atoms. The van der Waals surface area contributed by atoms with E-state index in [0.29, 0.717) is 34.5 Å². The summed E-state index contributed by atoms with van der Waals surface area (Å²) in [6.07, 6.45) is 9.30. The molecular formula is C27H39NO7. The molecule has 3 aliphatic rings. The van der Waals surface area contributed by atoms with Gasteiger partial charge in [-0.05, 0) is 62.1 Å². The van der Waals surface area contributed by atoms with Crippen LogP contribution < -0.4 is 9.47 Å². The molecule has 2 fully saturated rings. The Kier molecular flexibility index (Phi) is 8.76. The molecule has 194 valence electrons. The van der Waals surface area contributed by atoms with Gasteiger partial charge in [0.05, 0.1) is 38.8 Å². The molecule has 4 atom stereocenters. The van der Waals surface area contributed by atoms with Gasteiger partial charge in [-0.3, -0.25) is 10.0 Å². The molecule has 0 amide bonds. The van der Waals surface area contributed by atoms with E-state index in [-0.39, 0.29) is 36.9 Å². The van der Waals surface area contributed by atoms with E-state index in [1.807, 2.05) is 18.2 Å². The molecule has 4 rings (SSSR count). The van der Waals surface area contributed by atoms with Crippen molar-refractivity contribution in [3.05, 3.63) is 29.0 Å². The zero-order valence-electron chi connectivity index (χ0n) is 21.2. The Labute approximate surface area is 208 Å². The van der Waals surface area contributed by atoms with Crippen LogP contribution in [0.2, 0.25) is 0 Å². The number of ether oxygens (including phenoxy) is 4. The Balaban J connectivity index is 1.59. The van der Waals surface area contributed by atoms with Crippen LogP contribution >= 0.6 is 0 Å². The fourth-order valence-electron chi connectivity index (χ4n) is 5.55. The summed E-state index contributed by atoms with van der Waals surface area (Å²) in [5.41, 5.74) is 1.41. The van der Waals surface area contributed by atoms with Crippen LogP contribution in [0.5, 0.6) is 11.5 Å². The Hall–Kier alpha value is -2.48. The zero-order valence-corrected chi connectivity index (χ0v) is 21.2. The molecule has 1 aromatic rings. The van der Waals surface area contributed by atoms with Crippen molar-refractivity contribution in [2.75, 3.05) is 14.2 Å². The molecule has 0 radical (unpaired) electrons. The lowest BCUT2D eigenvalue weighted by Gasteiger charge is -2.36. The first kappa shape index (κ1) is 25.6. The van der Waals surface area contributed by atoms with Crippen LogP contribution in [0.25, 0.3) is 0 Å². The topological polar surface area (TPSA) is 89.3 Å². The third-order valence-corrected chi connectivity index (χ3v) is 7.64. The molecule has 0 spiro atoms. The molecule has 2 saturated carbocycles. The van der Waals surface area contributed by atoms with Crippen LogP contribution in [0.4, 0.5) is 0 Å². The summed E-state index contributed by atoms with van der Waals surface area (Å²) in [5, 5.41) is 13.1. The number of esters is 1.